The van der Waals surface area contributed by atoms with E-state index in [1.54, 1.807) is 6.07 Å². The maximum Gasteiger partial charge on any atom is 0.185 e. The quantitative estimate of drug-likeness (QED) is 0.381. The summed E-state index contributed by atoms with van der Waals surface area (Å²) < 4.78 is 5.22. The second kappa shape index (κ2) is 5.36. The van der Waals surface area contributed by atoms with Crippen LogP contribution in [-0.2, 0) is 6.42 Å². The van der Waals surface area contributed by atoms with Crippen molar-refractivity contribution in [1.29, 1.82) is 0 Å². The Hall–Kier alpha value is -1.31. The Balaban J connectivity index is 2.28. The van der Waals surface area contributed by atoms with Crippen LogP contribution in [0.4, 0.5) is 0 Å². The molecule has 0 spiro atoms. The first-order valence-electron chi connectivity index (χ1n) is 4.51. The molecule has 13 heavy (non-hydrogen) atoms. The lowest BCUT2D eigenvalue weighted by atomic mass is 10.1. The lowest BCUT2D eigenvalue weighted by molar-refractivity contribution is 0.109. The van der Waals surface area contributed by atoms with E-state index in [9.17, 15) is 4.79 Å². The van der Waals surface area contributed by atoms with Crippen molar-refractivity contribution in [3.63, 3.8) is 0 Å². The molecule has 0 amide bonds. The largest absolute Gasteiger partial charge is 0.458 e. The first-order valence-corrected chi connectivity index (χ1v) is 4.51. The van der Waals surface area contributed by atoms with Crippen molar-refractivity contribution in [2.24, 2.45) is 0 Å². The van der Waals surface area contributed by atoms with Crippen molar-refractivity contribution in [2.75, 3.05) is 0 Å². The summed E-state index contributed by atoms with van der Waals surface area (Å²) in [4.78, 5) is 10.3. The second-order valence-corrected chi connectivity index (χ2v) is 2.96. The molecule has 0 saturated carbocycles. The second-order valence-electron chi connectivity index (χ2n) is 2.96. The van der Waals surface area contributed by atoms with Gasteiger partial charge in [0.25, 0.3) is 0 Å². The summed E-state index contributed by atoms with van der Waals surface area (Å²) in [7, 11) is 0. The van der Waals surface area contributed by atoms with E-state index in [0.717, 1.165) is 37.7 Å². The van der Waals surface area contributed by atoms with Crippen molar-refractivity contribution in [1.82, 2.24) is 0 Å². The van der Waals surface area contributed by atoms with Gasteiger partial charge in [0.15, 0.2) is 12.0 Å². The highest BCUT2D eigenvalue weighted by molar-refractivity contribution is 5.70. The van der Waals surface area contributed by atoms with Gasteiger partial charge in [0.05, 0.1) is 0 Å². The van der Waals surface area contributed by atoms with Crippen LogP contribution in [0, 0.1) is 0 Å². The van der Waals surface area contributed by atoms with Gasteiger partial charge < -0.3 is 4.42 Å². The molecule has 1 heterocycles. The van der Waals surface area contributed by atoms with E-state index in [0.29, 0.717) is 5.76 Å². The van der Waals surface area contributed by atoms with Crippen LogP contribution in [0.3, 0.4) is 0 Å². The highest BCUT2D eigenvalue weighted by atomic mass is 16.3. The van der Waals surface area contributed by atoms with Gasteiger partial charge in [-0.1, -0.05) is 6.08 Å². The number of hydrogen-bond acceptors (Lipinski definition) is 2. The minimum atomic E-state index is 0.415. The number of carbonyl (C=O) groups is 1. The van der Waals surface area contributed by atoms with Crippen LogP contribution in [0.2, 0.25) is 0 Å². The Labute approximate surface area is 78.3 Å². The highest BCUT2D eigenvalue weighted by Crippen LogP contribution is 2.10. The molecule has 0 radical (unpaired) electrons. The number of carbonyl (C=O) groups excluding carboxylic acids is 1. The standard InChI is InChI=1S/C11H14O2/c1-2-3-4-5-6-10-7-8-11(9-12)13-10/h2,7-9H,1,3-6H2. The molecule has 0 unspecified atom stereocenters. The SMILES string of the molecule is C=CCCCCc1ccc(C=O)o1. The number of furan rings is 1. The maximum absolute atomic E-state index is 10.3. The van der Waals surface area contributed by atoms with E-state index in [1.807, 2.05) is 12.1 Å². The first-order chi connectivity index (χ1) is 6.36. The zero-order chi connectivity index (χ0) is 9.52. The van der Waals surface area contributed by atoms with Crippen LogP contribution in [-0.4, -0.2) is 6.29 Å². The van der Waals surface area contributed by atoms with E-state index in [4.69, 9.17) is 4.42 Å². The predicted octanol–water partition coefficient (Wildman–Crippen LogP) is 2.99. The smallest absolute Gasteiger partial charge is 0.185 e. The molecule has 0 atom stereocenters. The normalized spacial score (nSPS) is 9.85. The van der Waals surface area contributed by atoms with Crippen LogP contribution < -0.4 is 0 Å². The Morgan fingerprint density at radius 1 is 1.38 bits per heavy atom. The Morgan fingerprint density at radius 2 is 2.23 bits per heavy atom. The van der Waals surface area contributed by atoms with E-state index < -0.39 is 0 Å². The van der Waals surface area contributed by atoms with Gasteiger partial charge in [0.2, 0.25) is 0 Å². The molecule has 0 N–H and O–H groups in total. The summed E-state index contributed by atoms with van der Waals surface area (Å²) in [6.07, 6.45) is 6.80. The van der Waals surface area contributed by atoms with Crippen LogP contribution in [0.1, 0.15) is 35.6 Å². The van der Waals surface area contributed by atoms with Gasteiger partial charge in [-0.2, -0.15) is 0 Å². The summed E-state index contributed by atoms with van der Waals surface area (Å²) in [5.74, 6) is 1.31. The molecule has 2 heteroatoms. The van der Waals surface area contributed by atoms with E-state index in [-0.39, 0.29) is 0 Å². The highest BCUT2D eigenvalue weighted by Gasteiger charge is 1.99. The van der Waals surface area contributed by atoms with Gasteiger partial charge in [0.1, 0.15) is 5.76 Å². The maximum atomic E-state index is 10.3. The molecule has 0 fully saturated rings. The number of unbranched alkanes of at least 4 members (excludes halogenated alkanes) is 2. The van der Waals surface area contributed by atoms with E-state index in [1.165, 1.54) is 0 Å². The molecule has 0 bridgehead atoms. The zero-order valence-electron chi connectivity index (χ0n) is 7.66. The molecule has 0 aliphatic carbocycles. The van der Waals surface area contributed by atoms with Crippen LogP contribution >= 0.6 is 0 Å². The fourth-order valence-electron chi connectivity index (χ4n) is 1.18. The summed E-state index contributed by atoms with van der Waals surface area (Å²) in [5.41, 5.74) is 0. The van der Waals surface area contributed by atoms with Gasteiger partial charge in [0, 0.05) is 6.42 Å². The third-order valence-corrected chi connectivity index (χ3v) is 1.88. The summed E-state index contributed by atoms with van der Waals surface area (Å²) in [5, 5.41) is 0. The fraction of sp³-hybridized carbons (Fsp3) is 0.364. The summed E-state index contributed by atoms with van der Waals surface area (Å²) in [6, 6.07) is 3.56. The third-order valence-electron chi connectivity index (χ3n) is 1.88. The molecule has 0 aromatic carbocycles. The van der Waals surface area contributed by atoms with Gasteiger partial charge in [-0.25, -0.2) is 0 Å². The number of allylic oxidation sites excluding steroid dienone is 1. The fourth-order valence-corrected chi connectivity index (χ4v) is 1.18. The number of aldehydes is 1. The molecule has 0 aliphatic heterocycles. The van der Waals surface area contributed by atoms with E-state index in [2.05, 4.69) is 6.58 Å². The molecular weight excluding hydrogens is 164 g/mol. The van der Waals surface area contributed by atoms with Gasteiger partial charge in [-0.3, -0.25) is 4.79 Å². The lowest BCUT2D eigenvalue weighted by Gasteiger charge is -1.94. The minimum Gasteiger partial charge on any atom is -0.458 e. The topological polar surface area (TPSA) is 30.2 Å². The summed E-state index contributed by atoms with van der Waals surface area (Å²) in [6.45, 7) is 3.65. The van der Waals surface area contributed by atoms with Crippen molar-refractivity contribution in [2.45, 2.75) is 25.7 Å². The molecule has 0 aliphatic rings. The van der Waals surface area contributed by atoms with Gasteiger partial charge in [-0.05, 0) is 31.4 Å². The number of hydrogen-bond donors (Lipinski definition) is 0. The van der Waals surface area contributed by atoms with Gasteiger partial charge >= 0.3 is 0 Å². The molecule has 1 aromatic rings. The number of rotatable bonds is 6. The average Bonchev–Trinajstić information content (AvgIpc) is 2.60. The Morgan fingerprint density at radius 3 is 2.85 bits per heavy atom. The van der Waals surface area contributed by atoms with Gasteiger partial charge in [-0.15, -0.1) is 6.58 Å². The minimum absolute atomic E-state index is 0.415. The molecular formula is C11H14O2. The zero-order valence-corrected chi connectivity index (χ0v) is 7.66. The van der Waals surface area contributed by atoms with Crippen LogP contribution in [0.25, 0.3) is 0 Å². The molecule has 0 saturated heterocycles. The molecule has 2 nitrogen and oxygen atoms in total. The van der Waals surface area contributed by atoms with E-state index >= 15 is 0 Å². The Kier molecular flexibility index (Phi) is 4.03. The first kappa shape index (κ1) is 9.78. The molecule has 1 rings (SSSR count). The number of aryl methyl sites for hydroxylation is 1. The van der Waals surface area contributed by atoms with Crippen LogP contribution in [0.5, 0.6) is 0 Å². The van der Waals surface area contributed by atoms with Crippen molar-refractivity contribution in [3.05, 3.63) is 36.3 Å². The lowest BCUT2D eigenvalue weighted by Crippen LogP contribution is -1.81. The molecule has 1 aromatic heterocycles. The monoisotopic (exact) mass is 178 g/mol. The van der Waals surface area contributed by atoms with Crippen LogP contribution in [0.15, 0.2) is 29.2 Å². The van der Waals surface area contributed by atoms with Crippen molar-refractivity contribution < 1.29 is 9.21 Å². The predicted molar refractivity (Wildman–Crippen MR) is 51.8 cm³/mol. The third kappa shape index (κ3) is 3.28. The summed E-state index contributed by atoms with van der Waals surface area (Å²) >= 11 is 0. The Bertz CT molecular complexity index is 273. The van der Waals surface area contributed by atoms with Crippen molar-refractivity contribution in [3.8, 4) is 0 Å². The average molecular weight is 178 g/mol. The van der Waals surface area contributed by atoms with Crippen molar-refractivity contribution >= 4 is 6.29 Å². The molecule has 70 valence electrons.